The molecule has 4 aromatic rings. The monoisotopic (exact) mass is 483 g/mol. The number of aromatic nitrogens is 1. The summed E-state index contributed by atoms with van der Waals surface area (Å²) in [5, 5.41) is 1.04. The van der Waals surface area contributed by atoms with Gasteiger partial charge in [-0.05, 0) is 50.3 Å². The molecule has 3 aromatic carbocycles. The zero-order valence-electron chi connectivity index (χ0n) is 20.5. The van der Waals surface area contributed by atoms with E-state index in [-0.39, 0.29) is 17.1 Å². The van der Waals surface area contributed by atoms with E-state index in [9.17, 15) is 9.59 Å². The summed E-state index contributed by atoms with van der Waals surface area (Å²) in [6, 6.07) is 16.1. The Kier molecular flexibility index (Phi) is 5.98. The molecule has 0 amide bonds. The van der Waals surface area contributed by atoms with Gasteiger partial charge >= 0.3 is 5.97 Å². The third-order valence-electron chi connectivity index (χ3n) is 6.27. The van der Waals surface area contributed by atoms with Gasteiger partial charge in [-0.3, -0.25) is 4.79 Å². The summed E-state index contributed by atoms with van der Waals surface area (Å²) in [4.78, 5) is 26.0. The number of ether oxygens (including phenoxy) is 4. The maximum atomic E-state index is 13.1. The molecule has 7 heteroatoms. The Labute approximate surface area is 208 Å². The topological polar surface area (TPSA) is 76.0 Å². The van der Waals surface area contributed by atoms with E-state index < -0.39 is 5.97 Å². The molecule has 0 atom stereocenters. The van der Waals surface area contributed by atoms with Gasteiger partial charge in [0.15, 0.2) is 5.76 Å². The number of nitrogens with zero attached hydrogens (tertiary/aromatic N) is 1. The van der Waals surface area contributed by atoms with Crippen LogP contribution in [0.15, 0.2) is 66.6 Å². The fourth-order valence-electron chi connectivity index (χ4n) is 4.36. The van der Waals surface area contributed by atoms with Crippen molar-refractivity contribution in [2.24, 2.45) is 0 Å². The average Bonchev–Trinajstić information content (AvgIpc) is 3.43. The second kappa shape index (κ2) is 9.26. The van der Waals surface area contributed by atoms with Crippen LogP contribution in [0.4, 0.5) is 0 Å². The van der Waals surface area contributed by atoms with Crippen LogP contribution < -0.4 is 18.9 Å². The summed E-state index contributed by atoms with van der Waals surface area (Å²) in [6.45, 7) is 4.64. The maximum absolute atomic E-state index is 13.1. The molecule has 1 aromatic heterocycles. The van der Waals surface area contributed by atoms with Crippen molar-refractivity contribution in [3.8, 4) is 23.0 Å². The number of hydrogen-bond donors (Lipinski definition) is 0. The van der Waals surface area contributed by atoms with Crippen molar-refractivity contribution in [3.05, 3.63) is 88.8 Å². The van der Waals surface area contributed by atoms with Gasteiger partial charge in [-0.2, -0.15) is 0 Å². The van der Waals surface area contributed by atoms with Gasteiger partial charge in [0.2, 0.25) is 5.78 Å². The zero-order valence-corrected chi connectivity index (χ0v) is 20.5. The molecule has 7 nitrogen and oxygen atoms in total. The van der Waals surface area contributed by atoms with Crippen molar-refractivity contribution in [3.63, 3.8) is 0 Å². The van der Waals surface area contributed by atoms with Gasteiger partial charge in [-0.15, -0.1) is 0 Å². The summed E-state index contributed by atoms with van der Waals surface area (Å²) in [6.07, 6.45) is 3.78. The summed E-state index contributed by atoms with van der Waals surface area (Å²) in [5.74, 6) is 1.07. The van der Waals surface area contributed by atoms with Crippen LogP contribution in [-0.4, -0.2) is 30.5 Å². The lowest BCUT2D eigenvalue weighted by Gasteiger charge is -2.11. The second-order valence-corrected chi connectivity index (χ2v) is 8.38. The van der Waals surface area contributed by atoms with Crippen LogP contribution in [0.2, 0.25) is 0 Å². The Morgan fingerprint density at radius 1 is 1.03 bits per heavy atom. The Morgan fingerprint density at radius 2 is 1.75 bits per heavy atom. The van der Waals surface area contributed by atoms with Gasteiger partial charge in [-0.25, -0.2) is 4.79 Å². The molecule has 2 heterocycles. The minimum atomic E-state index is -0.581. The molecule has 0 bridgehead atoms. The number of para-hydroxylation sites is 1. The van der Waals surface area contributed by atoms with Gasteiger partial charge in [-0.1, -0.05) is 18.2 Å². The normalized spacial score (nSPS) is 13.6. The number of esters is 1. The van der Waals surface area contributed by atoms with Gasteiger partial charge in [0.05, 0.1) is 25.3 Å². The third-order valence-corrected chi connectivity index (χ3v) is 6.27. The van der Waals surface area contributed by atoms with E-state index in [1.165, 1.54) is 14.2 Å². The number of rotatable bonds is 6. The standard InChI is InChI=1S/C29H25NO6/c1-5-30-16-19(22-8-6-7-9-24(22)30)14-26-27(31)23-10-11-25(17(2)28(23)35-26)36-29(32)18-12-20(33-3)15-21(13-18)34-4/h6-16H,5H2,1-4H3. The molecule has 0 saturated heterocycles. The number of allylic oxidation sites excluding steroid dienone is 1. The lowest BCUT2D eigenvalue weighted by molar-refractivity contribution is 0.0732. The lowest BCUT2D eigenvalue weighted by Crippen LogP contribution is -2.10. The van der Waals surface area contributed by atoms with Gasteiger partial charge in [0, 0.05) is 40.8 Å². The number of ketones is 1. The number of Topliss-reactive ketones (excluding diaryl/α,β-unsaturated/α-hetero) is 1. The van der Waals surface area contributed by atoms with Gasteiger partial charge in [0.1, 0.15) is 23.0 Å². The average molecular weight is 484 g/mol. The van der Waals surface area contributed by atoms with Crippen molar-refractivity contribution < 1.29 is 28.5 Å². The highest BCUT2D eigenvalue weighted by Gasteiger charge is 2.31. The van der Waals surface area contributed by atoms with E-state index in [1.807, 2.05) is 24.4 Å². The number of benzene rings is 3. The van der Waals surface area contributed by atoms with Gasteiger partial charge < -0.3 is 23.5 Å². The molecule has 0 saturated carbocycles. The van der Waals surface area contributed by atoms with Crippen LogP contribution in [0.3, 0.4) is 0 Å². The Bertz CT molecular complexity index is 1520. The summed E-state index contributed by atoms with van der Waals surface area (Å²) in [5.41, 5.74) is 3.26. The minimum Gasteiger partial charge on any atom is -0.497 e. The number of carbonyl (C=O) groups is 2. The van der Waals surface area contributed by atoms with Crippen LogP contribution in [-0.2, 0) is 6.54 Å². The summed E-state index contributed by atoms with van der Waals surface area (Å²) >= 11 is 0. The highest BCUT2D eigenvalue weighted by atomic mass is 16.5. The SMILES string of the molecule is CCn1cc(C=C2Oc3c(ccc(OC(=O)c4cc(OC)cc(OC)c4)c3C)C2=O)c2ccccc21. The van der Waals surface area contributed by atoms with E-state index in [1.54, 1.807) is 43.3 Å². The first-order valence-electron chi connectivity index (χ1n) is 11.5. The largest absolute Gasteiger partial charge is 0.497 e. The quantitative estimate of drug-likeness (QED) is 0.195. The molecular weight excluding hydrogens is 458 g/mol. The zero-order chi connectivity index (χ0) is 25.4. The second-order valence-electron chi connectivity index (χ2n) is 8.38. The molecule has 36 heavy (non-hydrogen) atoms. The number of aryl methyl sites for hydroxylation is 1. The first-order chi connectivity index (χ1) is 17.4. The highest BCUT2D eigenvalue weighted by molar-refractivity contribution is 6.15. The Hall–Kier alpha value is -4.52. The number of hydrogen-bond acceptors (Lipinski definition) is 6. The van der Waals surface area contributed by atoms with Crippen molar-refractivity contribution in [1.29, 1.82) is 0 Å². The molecule has 0 aliphatic carbocycles. The molecule has 0 radical (unpaired) electrons. The molecular formula is C29H25NO6. The smallest absolute Gasteiger partial charge is 0.343 e. The van der Waals surface area contributed by atoms with E-state index in [0.717, 1.165) is 23.0 Å². The van der Waals surface area contributed by atoms with Crippen LogP contribution in [0.25, 0.3) is 17.0 Å². The van der Waals surface area contributed by atoms with Crippen molar-refractivity contribution in [2.75, 3.05) is 14.2 Å². The van der Waals surface area contributed by atoms with Crippen LogP contribution >= 0.6 is 0 Å². The Morgan fingerprint density at radius 3 is 2.44 bits per heavy atom. The fourth-order valence-corrected chi connectivity index (χ4v) is 4.36. The van der Waals surface area contributed by atoms with Gasteiger partial charge in [0.25, 0.3) is 0 Å². The number of methoxy groups -OCH3 is 2. The van der Waals surface area contributed by atoms with Crippen molar-refractivity contribution in [1.82, 2.24) is 4.57 Å². The molecule has 182 valence electrons. The predicted molar refractivity (Wildman–Crippen MR) is 136 cm³/mol. The first kappa shape index (κ1) is 23.2. The molecule has 1 aliphatic heterocycles. The lowest BCUT2D eigenvalue weighted by atomic mass is 10.1. The van der Waals surface area contributed by atoms with E-state index in [0.29, 0.717) is 34.1 Å². The fraction of sp³-hybridized carbons (Fsp3) is 0.172. The predicted octanol–water partition coefficient (Wildman–Crippen LogP) is 5.82. The third kappa shape index (κ3) is 3.98. The summed E-state index contributed by atoms with van der Waals surface area (Å²) in [7, 11) is 3.02. The highest BCUT2D eigenvalue weighted by Crippen LogP contribution is 2.40. The molecule has 0 fully saturated rings. The summed E-state index contributed by atoms with van der Waals surface area (Å²) < 4.78 is 24.3. The van der Waals surface area contributed by atoms with Crippen molar-refractivity contribution in [2.45, 2.75) is 20.4 Å². The first-order valence-corrected chi connectivity index (χ1v) is 11.5. The number of fused-ring (bicyclic) bond motifs is 2. The van der Waals surface area contributed by atoms with Crippen LogP contribution in [0, 0.1) is 6.92 Å². The molecule has 0 spiro atoms. The van der Waals surface area contributed by atoms with Crippen molar-refractivity contribution >= 4 is 28.7 Å². The van der Waals surface area contributed by atoms with Crippen LogP contribution in [0.5, 0.6) is 23.0 Å². The van der Waals surface area contributed by atoms with E-state index in [4.69, 9.17) is 18.9 Å². The Balaban J connectivity index is 1.45. The maximum Gasteiger partial charge on any atom is 0.343 e. The number of carbonyl (C=O) groups excluding carboxylic acids is 2. The minimum absolute atomic E-state index is 0.211. The molecule has 5 rings (SSSR count). The van der Waals surface area contributed by atoms with E-state index in [2.05, 4.69) is 17.6 Å². The van der Waals surface area contributed by atoms with Crippen LogP contribution in [0.1, 0.15) is 38.8 Å². The molecule has 0 unspecified atom stereocenters. The molecule has 1 aliphatic rings. The van der Waals surface area contributed by atoms with E-state index >= 15 is 0 Å². The molecule has 0 N–H and O–H groups in total.